The first-order chi connectivity index (χ1) is 21.9. The van der Waals surface area contributed by atoms with Crippen molar-refractivity contribution in [3.8, 4) is 45.3 Å². The summed E-state index contributed by atoms with van der Waals surface area (Å²) < 4.78 is 0. The molecule has 0 bridgehead atoms. The number of hydrogen-bond donors (Lipinski definition) is 2. The second-order valence-electron chi connectivity index (χ2n) is 9.39. The number of benzene rings is 1. The van der Waals surface area contributed by atoms with E-state index in [2.05, 4.69) is 63.3 Å². The molecule has 0 saturated carbocycles. The molecule has 0 fully saturated rings. The Labute approximate surface area is 277 Å². The Bertz CT molecular complexity index is 1820. The van der Waals surface area contributed by atoms with Crippen molar-refractivity contribution in [3.63, 3.8) is 0 Å². The third kappa shape index (κ3) is 9.02. The quantitative estimate of drug-likeness (QED) is 0.140. The van der Waals surface area contributed by atoms with E-state index in [1.807, 2.05) is 36.4 Å². The first-order valence-electron chi connectivity index (χ1n) is 13.4. The van der Waals surface area contributed by atoms with E-state index >= 15 is 0 Å². The molecule has 0 aliphatic rings. The number of nitrogens with zero attached hydrogens (tertiary/aromatic N) is 6. The molecule has 1 aromatic carbocycles. The minimum absolute atomic E-state index is 0. The van der Waals surface area contributed by atoms with Crippen LogP contribution in [0.15, 0.2) is 122 Å². The van der Waals surface area contributed by atoms with Crippen LogP contribution < -0.4 is 0 Å². The molecule has 0 aliphatic carbocycles. The summed E-state index contributed by atoms with van der Waals surface area (Å²) in [5.74, 6) is -2.15. The van der Waals surface area contributed by atoms with Crippen LogP contribution in [-0.4, -0.2) is 47.1 Å². The van der Waals surface area contributed by atoms with Crippen LogP contribution in [0, 0.1) is 18.8 Å². The van der Waals surface area contributed by atoms with Gasteiger partial charge in [-0.2, -0.15) is 0 Å². The van der Waals surface area contributed by atoms with Crippen molar-refractivity contribution < 1.29 is 39.3 Å². The van der Waals surface area contributed by atoms with Crippen LogP contribution in [-0.2, 0) is 19.5 Å². The minimum atomic E-state index is -1.08. The first-order valence-corrected chi connectivity index (χ1v) is 13.4. The maximum absolute atomic E-state index is 10.8. The van der Waals surface area contributed by atoms with E-state index in [0.29, 0.717) is 11.4 Å². The summed E-state index contributed by atoms with van der Waals surface area (Å²) in [4.78, 5) is 43.3. The second-order valence-corrected chi connectivity index (χ2v) is 9.39. The molecular formula is C35H25N6O4Ru-. The summed E-state index contributed by atoms with van der Waals surface area (Å²) in [6, 6.07) is 29.8. The molecular weight excluding hydrogens is 669 g/mol. The molecule has 6 aromatic rings. The number of aromatic nitrogens is 5. The molecule has 46 heavy (non-hydrogen) atoms. The van der Waals surface area contributed by atoms with Gasteiger partial charge in [-0.3, -0.25) is 19.9 Å². The number of aryl methyl sites for hydroxylation is 1. The molecule has 0 unspecified atom stereocenters. The second kappa shape index (κ2) is 16.8. The van der Waals surface area contributed by atoms with Gasteiger partial charge in [0.2, 0.25) is 0 Å². The average Bonchev–Trinajstić information content (AvgIpc) is 3.10. The Morgan fingerprint density at radius 2 is 0.978 bits per heavy atom. The smallest absolute Gasteiger partial charge is 0.335 e. The van der Waals surface area contributed by atoms with Gasteiger partial charge in [0.25, 0.3) is 0 Å². The Kier molecular flexibility index (Phi) is 12.6. The van der Waals surface area contributed by atoms with Gasteiger partial charge in [-0.15, -0.1) is 0 Å². The van der Waals surface area contributed by atoms with E-state index < -0.39 is 11.9 Å². The zero-order valence-electron chi connectivity index (χ0n) is 24.3. The number of aromatic carboxylic acids is 2. The van der Waals surface area contributed by atoms with Crippen LogP contribution in [0.25, 0.3) is 45.3 Å². The van der Waals surface area contributed by atoms with Crippen molar-refractivity contribution in [2.45, 2.75) is 6.92 Å². The van der Waals surface area contributed by atoms with Crippen LogP contribution >= 0.6 is 0 Å². The molecule has 0 atom stereocenters. The molecule has 0 radical (unpaired) electrons. The molecule has 11 heteroatoms. The molecule has 0 aliphatic heterocycles. The summed E-state index contributed by atoms with van der Waals surface area (Å²) in [7, 11) is 0. The van der Waals surface area contributed by atoms with Crippen molar-refractivity contribution in [2.24, 2.45) is 0 Å². The third-order valence-electron chi connectivity index (χ3n) is 6.34. The zero-order valence-corrected chi connectivity index (χ0v) is 26.0. The fourth-order valence-electron chi connectivity index (χ4n) is 4.14. The number of pyridine rings is 5. The fourth-order valence-corrected chi connectivity index (χ4v) is 4.14. The summed E-state index contributed by atoms with van der Waals surface area (Å²) in [6.45, 7) is 6.84. The number of carboxylic acids is 2. The van der Waals surface area contributed by atoms with E-state index in [9.17, 15) is 9.59 Å². The molecule has 0 saturated heterocycles. The first kappa shape index (κ1) is 34.5. The summed E-state index contributed by atoms with van der Waals surface area (Å²) in [6.07, 6.45) is 6.26. The third-order valence-corrected chi connectivity index (χ3v) is 6.34. The molecule has 0 spiro atoms. The average molecular weight is 695 g/mol. The SMILES string of the molecule is Cc1ccc(-c2cc(-c3ccccn3)nc(-c3ccccn3)c2)cc1.O=C(O)c1ccnc(-c2cc(C(=O)O)ccn2)c1.[C-]#N.[Ru]. The van der Waals surface area contributed by atoms with Gasteiger partial charge in [0.1, 0.15) is 0 Å². The Morgan fingerprint density at radius 3 is 1.37 bits per heavy atom. The van der Waals surface area contributed by atoms with Crippen molar-refractivity contribution in [1.29, 1.82) is 5.26 Å². The summed E-state index contributed by atoms with van der Waals surface area (Å²) >= 11 is 0. The maximum Gasteiger partial charge on any atom is 0.335 e. The van der Waals surface area contributed by atoms with Crippen molar-refractivity contribution >= 4 is 11.9 Å². The van der Waals surface area contributed by atoms with Gasteiger partial charge in [0.15, 0.2) is 0 Å². The van der Waals surface area contributed by atoms with Crippen LogP contribution in [0.2, 0.25) is 0 Å². The van der Waals surface area contributed by atoms with Gasteiger partial charge in [0, 0.05) is 44.3 Å². The maximum atomic E-state index is 10.8. The molecule has 6 rings (SSSR count). The van der Waals surface area contributed by atoms with Crippen LogP contribution in [0.1, 0.15) is 26.3 Å². The molecule has 10 nitrogen and oxygen atoms in total. The summed E-state index contributed by atoms with van der Waals surface area (Å²) in [5, 5.41) is 24.0. The molecule has 2 N–H and O–H groups in total. The number of carboxylic acid groups (broad SMARTS) is 2. The number of rotatable bonds is 6. The normalized spacial score (nSPS) is 9.72. The minimum Gasteiger partial charge on any atom is -0.512 e. The molecule has 228 valence electrons. The number of carbonyl (C=O) groups is 2. The Morgan fingerprint density at radius 1 is 0.543 bits per heavy atom. The van der Waals surface area contributed by atoms with Crippen molar-refractivity contribution in [2.75, 3.05) is 0 Å². The van der Waals surface area contributed by atoms with E-state index in [1.54, 1.807) is 12.4 Å². The molecule has 5 heterocycles. The van der Waals surface area contributed by atoms with Gasteiger partial charge >= 0.3 is 11.9 Å². The Hall–Kier alpha value is -5.98. The topological polar surface area (TPSA) is 163 Å². The molecule has 5 aromatic heterocycles. The standard InChI is InChI=1S/C22H17N3.C12H8N2O4.CN.Ru/c1-16-8-10-17(11-9-16)18-14-21(19-6-2-4-12-23-19)25-22(15-18)20-7-3-5-13-24-20;15-11(16)7-1-3-13-9(5-7)10-6-8(12(17)18)2-4-14-10;1-2;/h2-15H,1H3;1-6H,(H,15,16)(H,17,18);;/q;;-1;. The van der Waals surface area contributed by atoms with Gasteiger partial charge < -0.3 is 22.0 Å². The van der Waals surface area contributed by atoms with Crippen LogP contribution in [0.5, 0.6) is 0 Å². The predicted octanol–water partition coefficient (Wildman–Crippen LogP) is 6.81. The fraction of sp³-hybridized carbons (Fsp3) is 0.0286. The van der Waals surface area contributed by atoms with Gasteiger partial charge in [0.05, 0.1) is 45.3 Å². The van der Waals surface area contributed by atoms with Gasteiger partial charge in [-0.25, -0.2) is 14.6 Å². The van der Waals surface area contributed by atoms with E-state index in [-0.39, 0.29) is 30.6 Å². The monoisotopic (exact) mass is 695 g/mol. The van der Waals surface area contributed by atoms with Crippen molar-refractivity contribution in [1.82, 2.24) is 24.9 Å². The zero-order chi connectivity index (χ0) is 32.2. The molecule has 0 amide bonds. The van der Waals surface area contributed by atoms with Crippen LogP contribution in [0.3, 0.4) is 0 Å². The Balaban J connectivity index is 0.000000244. The van der Waals surface area contributed by atoms with E-state index in [4.69, 9.17) is 27.0 Å². The van der Waals surface area contributed by atoms with Gasteiger partial charge in [-0.05, 0) is 78.7 Å². The summed E-state index contributed by atoms with van der Waals surface area (Å²) in [5.41, 5.74) is 7.69. The number of hydrogen-bond acceptors (Lipinski definition) is 8. The van der Waals surface area contributed by atoms with Crippen molar-refractivity contribution in [3.05, 3.63) is 145 Å². The predicted molar refractivity (Wildman–Crippen MR) is 167 cm³/mol. The van der Waals surface area contributed by atoms with Crippen LogP contribution in [0.4, 0.5) is 0 Å². The largest absolute Gasteiger partial charge is 0.512 e. The van der Waals surface area contributed by atoms with E-state index in [1.165, 1.54) is 42.2 Å². The van der Waals surface area contributed by atoms with E-state index in [0.717, 1.165) is 33.9 Å². The van der Waals surface area contributed by atoms with Gasteiger partial charge in [-0.1, -0.05) is 42.0 Å².